The molecule has 4 rings (SSSR count). The van der Waals surface area contributed by atoms with Crippen LogP contribution in [0.15, 0.2) is 28.3 Å². The first kappa shape index (κ1) is 16.1. The minimum absolute atomic E-state index is 0.00413. The fourth-order valence-electron chi connectivity index (χ4n) is 3.33. The van der Waals surface area contributed by atoms with Crippen LogP contribution < -0.4 is 4.74 Å². The number of carbonyl (C=O) groups excluding carboxylic acids is 1. The Labute approximate surface area is 150 Å². The van der Waals surface area contributed by atoms with E-state index in [2.05, 4.69) is 10.1 Å². The first-order valence-corrected chi connectivity index (χ1v) is 8.70. The molecule has 1 aromatic heterocycles. The summed E-state index contributed by atoms with van der Waals surface area (Å²) in [5, 5.41) is 4.63. The number of hydrogen-bond acceptors (Lipinski definition) is 5. The van der Waals surface area contributed by atoms with Gasteiger partial charge in [-0.25, -0.2) is 0 Å². The lowest BCUT2D eigenvalue weighted by molar-refractivity contribution is -0.128. The van der Waals surface area contributed by atoms with E-state index in [0.29, 0.717) is 28.9 Å². The van der Waals surface area contributed by atoms with Gasteiger partial charge in [0.1, 0.15) is 12.4 Å². The zero-order chi connectivity index (χ0) is 17.4. The number of aryl methyl sites for hydroxylation is 1. The van der Waals surface area contributed by atoms with Crippen molar-refractivity contribution in [3.05, 3.63) is 46.1 Å². The van der Waals surface area contributed by atoms with Gasteiger partial charge in [0.25, 0.3) is 5.91 Å². The lowest BCUT2D eigenvalue weighted by Crippen LogP contribution is -2.41. The van der Waals surface area contributed by atoms with Crippen LogP contribution in [0.5, 0.6) is 5.75 Å². The first-order valence-electron chi connectivity index (χ1n) is 8.32. The first-order chi connectivity index (χ1) is 12.1. The zero-order valence-corrected chi connectivity index (χ0v) is 14.6. The predicted octanol–water partition coefficient (Wildman–Crippen LogP) is 3.21. The molecule has 0 unspecified atom stereocenters. The second kappa shape index (κ2) is 6.52. The summed E-state index contributed by atoms with van der Waals surface area (Å²) in [6.45, 7) is 3.37. The third-order valence-corrected chi connectivity index (χ3v) is 4.81. The standard InChI is InChI=1S/C18H18ClN3O3/c1-11-20-17(21-25-11)12-3-2-6-22(9-12)18(23)14-7-13-8-15(19)4-5-16(13)24-10-14/h4-5,7-8,12H,2-3,6,9-10H2,1H3/t12-/m0/s1. The third kappa shape index (κ3) is 3.26. The van der Waals surface area contributed by atoms with Gasteiger partial charge in [0.05, 0.1) is 5.57 Å². The quantitative estimate of drug-likeness (QED) is 0.823. The maximum Gasteiger partial charge on any atom is 0.253 e. The van der Waals surface area contributed by atoms with E-state index in [9.17, 15) is 4.79 Å². The molecular formula is C18H18ClN3O3. The van der Waals surface area contributed by atoms with Crippen LogP contribution in [0.3, 0.4) is 0 Å². The molecule has 6 nitrogen and oxygen atoms in total. The Balaban J connectivity index is 1.52. The van der Waals surface area contributed by atoms with E-state index in [1.807, 2.05) is 23.1 Å². The van der Waals surface area contributed by atoms with Crippen LogP contribution in [0, 0.1) is 6.92 Å². The lowest BCUT2D eigenvalue weighted by Gasteiger charge is -2.32. The third-order valence-electron chi connectivity index (χ3n) is 4.58. The number of rotatable bonds is 2. The van der Waals surface area contributed by atoms with E-state index in [4.69, 9.17) is 20.9 Å². The molecule has 2 aliphatic heterocycles. The van der Waals surface area contributed by atoms with Crippen LogP contribution in [0.2, 0.25) is 5.02 Å². The molecule has 2 aromatic rings. The summed E-state index contributed by atoms with van der Waals surface area (Å²) in [5.41, 5.74) is 1.48. The fraction of sp³-hybridized carbons (Fsp3) is 0.389. The Kier molecular flexibility index (Phi) is 4.21. The van der Waals surface area contributed by atoms with Crippen molar-refractivity contribution in [2.24, 2.45) is 0 Å². The monoisotopic (exact) mass is 359 g/mol. The van der Waals surface area contributed by atoms with Crippen LogP contribution >= 0.6 is 11.6 Å². The van der Waals surface area contributed by atoms with Crippen molar-refractivity contribution in [3.8, 4) is 5.75 Å². The summed E-state index contributed by atoms with van der Waals surface area (Å²) in [4.78, 5) is 19.1. The largest absolute Gasteiger partial charge is 0.488 e. The molecule has 1 atom stereocenters. The van der Waals surface area contributed by atoms with Gasteiger partial charge in [-0.05, 0) is 37.1 Å². The van der Waals surface area contributed by atoms with Gasteiger partial charge in [-0.15, -0.1) is 0 Å². The van der Waals surface area contributed by atoms with Crippen LogP contribution in [0.25, 0.3) is 6.08 Å². The number of aromatic nitrogens is 2. The molecule has 1 aromatic carbocycles. The van der Waals surface area contributed by atoms with Crippen molar-refractivity contribution in [3.63, 3.8) is 0 Å². The number of benzene rings is 1. The molecule has 25 heavy (non-hydrogen) atoms. The maximum absolute atomic E-state index is 12.9. The van der Waals surface area contributed by atoms with E-state index in [1.165, 1.54) is 0 Å². The number of amides is 1. The van der Waals surface area contributed by atoms with Crippen molar-refractivity contribution in [2.45, 2.75) is 25.7 Å². The molecule has 130 valence electrons. The highest BCUT2D eigenvalue weighted by molar-refractivity contribution is 6.30. The number of carbonyl (C=O) groups is 1. The van der Waals surface area contributed by atoms with Crippen LogP contribution in [-0.2, 0) is 4.79 Å². The molecule has 3 heterocycles. The van der Waals surface area contributed by atoms with Gasteiger partial charge in [-0.2, -0.15) is 4.98 Å². The highest BCUT2D eigenvalue weighted by Crippen LogP contribution is 2.31. The highest BCUT2D eigenvalue weighted by atomic mass is 35.5. The average molecular weight is 360 g/mol. The normalized spacial score (nSPS) is 19.8. The van der Waals surface area contributed by atoms with Gasteiger partial charge in [-0.3, -0.25) is 4.79 Å². The smallest absolute Gasteiger partial charge is 0.253 e. The SMILES string of the molecule is Cc1nc([C@H]2CCCN(C(=O)C3=Cc4cc(Cl)ccc4OC3)C2)no1. The van der Waals surface area contributed by atoms with E-state index < -0.39 is 0 Å². The molecule has 1 amide bonds. The molecule has 7 heteroatoms. The molecule has 0 spiro atoms. The number of fused-ring (bicyclic) bond motifs is 1. The van der Waals surface area contributed by atoms with Crippen molar-refractivity contribution in [2.75, 3.05) is 19.7 Å². The molecule has 0 saturated carbocycles. The summed E-state index contributed by atoms with van der Waals surface area (Å²) in [7, 11) is 0. The number of ether oxygens (including phenoxy) is 1. The number of halogens is 1. The van der Waals surface area contributed by atoms with Gasteiger partial charge in [0.2, 0.25) is 5.89 Å². The minimum Gasteiger partial charge on any atom is -0.488 e. The van der Waals surface area contributed by atoms with Gasteiger partial charge in [0.15, 0.2) is 5.82 Å². The van der Waals surface area contributed by atoms with Crippen LogP contribution in [0.1, 0.15) is 36.0 Å². The van der Waals surface area contributed by atoms with E-state index >= 15 is 0 Å². The molecule has 2 aliphatic rings. The van der Waals surface area contributed by atoms with Gasteiger partial charge >= 0.3 is 0 Å². The maximum atomic E-state index is 12.9. The number of piperidine rings is 1. The second-order valence-electron chi connectivity index (χ2n) is 6.40. The topological polar surface area (TPSA) is 68.5 Å². The summed E-state index contributed by atoms with van der Waals surface area (Å²) in [6.07, 6.45) is 3.74. The second-order valence-corrected chi connectivity index (χ2v) is 6.84. The summed E-state index contributed by atoms with van der Waals surface area (Å²) < 4.78 is 10.8. The summed E-state index contributed by atoms with van der Waals surface area (Å²) >= 11 is 6.04. The summed E-state index contributed by atoms with van der Waals surface area (Å²) in [5.74, 6) is 2.09. The Morgan fingerprint density at radius 1 is 1.40 bits per heavy atom. The molecule has 1 fully saturated rings. The van der Waals surface area contributed by atoms with Crippen molar-refractivity contribution >= 4 is 23.6 Å². The summed E-state index contributed by atoms with van der Waals surface area (Å²) in [6, 6.07) is 5.42. The number of likely N-dealkylation sites (tertiary alicyclic amines) is 1. The Morgan fingerprint density at radius 3 is 3.08 bits per heavy atom. The van der Waals surface area contributed by atoms with Crippen LogP contribution in [0.4, 0.5) is 0 Å². The van der Waals surface area contributed by atoms with Gasteiger partial charge in [-0.1, -0.05) is 16.8 Å². The highest BCUT2D eigenvalue weighted by Gasteiger charge is 2.30. The zero-order valence-electron chi connectivity index (χ0n) is 13.9. The molecule has 0 aliphatic carbocycles. The average Bonchev–Trinajstić information content (AvgIpc) is 3.07. The molecule has 0 bridgehead atoms. The fourth-order valence-corrected chi connectivity index (χ4v) is 3.51. The Bertz CT molecular complexity index is 846. The minimum atomic E-state index is -0.00413. The Hall–Kier alpha value is -2.34. The van der Waals surface area contributed by atoms with Gasteiger partial charge in [0, 0.05) is 36.5 Å². The van der Waals surface area contributed by atoms with Crippen molar-refractivity contribution in [1.82, 2.24) is 15.0 Å². The molecular weight excluding hydrogens is 342 g/mol. The van der Waals surface area contributed by atoms with Crippen molar-refractivity contribution < 1.29 is 14.1 Å². The molecule has 1 saturated heterocycles. The number of nitrogens with zero attached hydrogens (tertiary/aromatic N) is 3. The predicted molar refractivity (Wildman–Crippen MR) is 92.5 cm³/mol. The molecule has 0 radical (unpaired) electrons. The van der Waals surface area contributed by atoms with Crippen LogP contribution in [-0.4, -0.2) is 40.6 Å². The number of hydrogen-bond donors (Lipinski definition) is 0. The lowest BCUT2D eigenvalue weighted by atomic mass is 9.96. The Morgan fingerprint density at radius 2 is 2.28 bits per heavy atom. The van der Waals surface area contributed by atoms with E-state index in [0.717, 1.165) is 30.7 Å². The van der Waals surface area contributed by atoms with E-state index in [1.54, 1.807) is 13.0 Å². The van der Waals surface area contributed by atoms with E-state index in [-0.39, 0.29) is 18.4 Å². The molecule has 0 N–H and O–H groups in total. The van der Waals surface area contributed by atoms with Crippen molar-refractivity contribution in [1.29, 1.82) is 0 Å². The van der Waals surface area contributed by atoms with Gasteiger partial charge < -0.3 is 14.2 Å².